The van der Waals surface area contributed by atoms with Gasteiger partial charge < -0.3 is 9.84 Å². The fourth-order valence-corrected chi connectivity index (χ4v) is 3.89. The molecule has 0 amide bonds. The molecule has 1 saturated heterocycles. The third-order valence-corrected chi connectivity index (χ3v) is 5.30. The van der Waals surface area contributed by atoms with Crippen molar-refractivity contribution in [1.82, 2.24) is 4.90 Å². The SMILES string of the molecule is CC(C)N1CCOC(CSc2csc(C(=O)O)c2)C1. The second-order valence-corrected chi connectivity index (χ2v) is 6.85. The summed E-state index contributed by atoms with van der Waals surface area (Å²) < 4.78 is 5.76. The van der Waals surface area contributed by atoms with Crippen molar-refractivity contribution in [3.63, 3.8) is 0 Å². The summed E-state index contributed by atoms with van der Waals surface area (Å²) in [5.41, 5.74) is 0. The van der Waals surface area contributed by atoms with Crippen LogP contribution in [0, 0.1) is 0 Å². The lowest BCUT2D eigenvalue weighted by Gasteiger charge is -2.35. The number of nitrogens with zero attached hydrogens (tertiary/aromatic N) is 1. The lowest BCUT2D eigenvalue weighted by atomic mass is 10.2. The van der Waals surface area contributed by atoms with Gasteiger partial charge >= 0.3 is 5.97 Å². The fourth-order valence-electron chi connectivity index (χ4n) is 2.01. The lowest BCUT2D eigenvalue weighted by Crippen LogP contribution is -2.46. The molecule has 0 radical (unpaired) electrons. The molecule has 106 valence electrons. The van der Waals surface area contributed by atoms with E-state index in [0.29, 0.717) is 10.9 Å². The van der Waals surface area contributed by atoms with Gasteiger partial charge in [0.05, 0.1) is 12.7 Å². The molecule has 19 heavy (non-hydrogen) atoms. The Balaban J connectivity index is 1.82. The predicted octanol–water partition coefficient (Wildman–Crippen LogP) is 2.65. The molecule has 0 spiro atoms. The maximum Gasteiger partial charge on any atom is 0.345 e. The van der Waals surface area contributed by atoms with Crippen molar-refractivity contribution in [1.29, 1.82) is 0 Å². The van der Waals surface area contributed by atoms with Crippen LogP contribution < -0.4 is 0 Å². The summed E-state index contributed by atoms with van der Waals surface area (Å²) in [7, 11) is 0. The van der Waals surface area contributed by atoms with E-state index in [4.69, 9.17) is 9.84 Å². The summed E-state index contributed by atoms with van der Waals surface area (Å²) in [6.07, 6.45) is 0.231. The van der Waals surface area contributed by atoms with Crippen LogP contribution in [0.1, 0.15) is 23.5 Å². The topological polar surface area (TPSA) is 49.8 Å². The number of ether oxygens (including phenoxy) is 1. The van der Waals surface area contributed by atoms with Crippen molar-refractivity contribution in [3.05, 3.63) is 16.3 Å². The zero-order chi connectivity index (χ0) is 13.8. The molecule has 1 aliphatic heterocycles. The standard InChI is InChI=1S/C13H19NO3S2/c1-9(2)14-3-4-17-10(6-14)7-18-11-5-12(13(15)16)19-8-11/h5,8-10H,3-4,6-7H2,1-2H3,(H,15,16). The molecule has 6 heteroatoms. The molecule has 1 aromatic heterocycles. The maximum absolute atomic E-state index is 10.8. The van der Waals surface area contributed by atoms with Crippen LogP contribution in [0.4, 0.5) is 0 Å². The molecule has 1 atom stereocenters. The molecule has 1 aliphatic rings. The van der Waals surface area contributed by atoms with Crippen LogP contribution in [0.5, 0.6) is 0 Å². The Morgan fingerprint density at radius 2 is 2.47 bits per heavy atom. The van der Waals surface area contributed by atoms with E-state index in [1.165, 1.54) is 11.3 Å². The Morgan fingerprint density at radius 1 is 1.68 bits per heavy atom. The highest BCUT2D eigenvalue weighted by Gasteiger charge is 2.22. The highest BCUT2D eigenvalue weighted by molar-refractivity contribution is 7.99. The van der Waals surface area contributed by atoms with Crippen molar-refractivity contribution in [2.75, 3.05) is 25.4 Å². The smallest absolute Gasteiger partial charge is 0.345 e. The molecular formula is C13H19NO3S2. The van der Waals surface area contributed by atoms with E-state index in [2.05, 4.69) is 18.7 Å². The number of hydrogen-bond acceptors (Lipinski definition) is 5. The molecule has 1 fully saturated rings. The first kappa shape index (κ1) is 14.8. The Bertz CT molecular complexity index is 433. The number of aromatic carboxylic acids is 1. The van der Waals surface area contributed by atoms with Gasteiger partial charge in [0.15, 0.2) is 0 Å². The Hall–Kier alpha value is -0.560. The van der Waals surface area contributed by atoms with E-state index >= 15 is 0 Å². The van der Waals surface area contributed by atoms with E-state index in [9.17, 15) is 4.79 Å². The Kier molecular flexibility index (Phi) is 5.27. The second kappa shape index (κ2) is 6.74. The van der Waals surface area contributed by atoms with Crippen LogP contribution >= 0.6 is 23.1 Å². The van der Waals surface area contributed by atoms with Crippen molar-refractivity contribution in [3.8, 4) is 0 Å². The van der Waals surface area contributed by atoms with Gasteiger partial charge in [-0.2, -0.15) is 0 Å². The molecule has 2 heterocycles. The number of carboxylic acid groups (broad SMARTS) is 1. The summed E-state index contributed by atoms with van der Waals surface area (Å²) >= 11 is 2.95. The minimum atomic E-state index is -0.850. The van der Waals surface area contributed by atoms with Gasteiger partial charge in [0.1, 0.15) is 4.88 Å². The van der Waals surface area contributed by atoms with Crippen LogP contribution in [0.2, 0.25) is 0 Å². The van der Waals surface area contributed by atoms with Gasteiger partial charge in [0.25, 0.3) is 0 Å². The van der Waals surface area contributed by atoms with Gasteiger partial charge in [-0.1, -0.05) is 0 Å². The normalized spacial score (nSPS) is 20.9. The van der Waals surface area contributed by atoms with Crippen molar-refractivity contribution in [2.24, 2.45) is 0 Å². The summed E-state index contributed by atoms with van der Waals surface area (Å²) in [5, 5.41) is 10.8. The summed E-state index contributed by atoms with van der Waals surface area (Å²) in [6.45, 7) is 7.15. The summed E-state index contributed by atoms with van der Waals surface area (Å²) in [5.74, 6) is 0.0238. The second-order valence-electron chi connectivity index (χ2n) is 4.84. The highest BCUT2D eigenvalue weighted by atomic mass is 32.2. The van der Waals surface area contributed by atoms with Gasteiger partial charge in [-0.15, -0.1) is 23.1 Å². The third-order valence-electron chi connectivity index (χ3n) is 3.12. The maximum atomic E-state index is 10.8. The minimum absolute atomic E-state index is 0.231. The molecule has 1 aromatic rings. The molecule has 4 nitrogen and oxygen atoms in total. The molecule has 0 saturated carbocycles. The zero-order valence-corrected chi connectivity index (χ0v) is 12.8. The Labute approximate surface area is 121 Å². The first-order valence-electron chi connectivity index (χ1n) is 6.36. The van der Waals surface area contributed by atoms with E-state index in [1.54, 1.807) is 17.8 Å². The molecule has 0 aliphatic carbocycles. The van der Waals surface area contributed by atoms with Crippen LogP contribution in [0.25, 0.3) is 0 Å². The van der Waals surface area contributed by atoms with Crippen LogP contribution in [0.3, 0.4) is 0 Å². The van der Waals surface area contributed by atoms with Crippen molar-refractivity contribution in [2.45, 2.75) is 30.9 Å². The summed E-state index contributed by atoms with van der Waals surface area (Å²) in [6, 6.07) is 2.29. The first-order valence-corrected chi connectivity index (χ1v) is 8.23. The molecular weight excluding hydrogens is 282 g/mol. The largest absolute Gasteiger partial charge is 0.477 e. The quantitative estimate of drug-likeness (QED) is 0.847. The first-order chi connectivity index (χ1) is 9.06. The van der Waals surface area contributed by atoms with Crippen molar-refractivity contribution >= 4 is 29.1 Å². The van der Waals surface area contributed by atoms with Gasteiger partial charge in [-0.25, -0.2) is 4.79 Å². The monoisotopic (exact) mass is 301 g/mol. The van der Waals surface area contributed by atoms with Crippen LogP contribution in [0.15, 0.2) is 16.3 Å². The average Bonchev–Trinajstić information content (AvgIpc) is 2.85. The number of hydrogen-bond donors (Lipinski definition) is 1. The van der Waals surface area contributed by atoms with Gasteiger partial charge in [0, 0.05) is 35.2 Å². The molecule has 0 aromatic carbocycles. The van der Waals surface area contributed by atoms with E-state index in [1.807, 2.05) is 5.38 Å². The highest BCUT2D eigenvalue weighted by Crippen LogP contribution is 2.26. The molecule has 0 bridgehead atoms. The van der Waals surface area contributed by atoms with Crippen molar-refractivity contribution < 1.29 is 14.6 Å². The summed E-state index contributed by atoms with van der Waals surface area (Å²) in [4.78, 5) is 14.6. The number of rotatable bonds is 5. The number of morpholine rings is 1. The Morgan fingerprint density at radius 3 is 3.11 bits per heavy atom. The molecule has 1 N–H and O–H groups in total. The van der Waals surface area contributed by atoms with Gasteiger partial charge in [-0.05, 0) is 19.9 Å². The number of thioether (sulfide) groups is 1. The number of thiophene rings is 1. The van der Waals surface area contributed by atoms with Crippen LogP contribution in [-0.4, -0.2) is 53.6 Å². The third kappa shape index (κ3) is 4.21. The zero-order valence-electron chi connectivity index (χ0n) is 11.2. The van der Waals surface area contributed by atoms with Gasteiger partial charge in [-0.3, -0.25) is 4.90 Å². The average molecular weight is 301 g/mol. The predicted molar refractivity (Wildman–Crippen MR) is 78.5 cm³/mol. The van der Waals surface area contributed by atoms with E-state index in [0.717, 1.165) is 30.3 Å². The number of carboxylic acids is 1. The van der Waals surface area contributed by atoms with Crippen LogP contribution in [-0.2, 0) is 4.74 Å². The minimum Gasteiger partial charge on any atom is -0.477 e. The van der Waals surface area contributed by atoms with E-state index < -0.39 is 5.97 Å². The number of carbonyl (C=O) groups is 1. The lowest BCUT2D eigenvalue weighted by molar-refractivity contribution is -0.0265. The van der Waals surface area contributed by atoms with E-state index in [-0.39, 0.29) is 6.10 Å². The fraction of sp³-hybridized carbons (Fsp3) is 0.615. The van der Waals surface area contributed by atoms with Gasteiger partial charge in [0.2, 0.25) is 0 Å². The molecule has 2 rings (SSSR count). The molecule has 1 unspecified atom stereocenters.